The molecule has 78 valence electrons. The average molecular weight is 215 g/mol. The van der Waals surface area contributed by atoms with Crippen LogP contribution in [0.1, 0.15) is 12.5 Å². The lowest BCUT2D eigenvalue weighted by molar-refractivity contribution is 0.485. The maximum Gasteiger partial charge on any atom is 0.283 e. The maximum absolute atomic E-state index is 10.5. The van der Waals surface area contributed by atoms with Crippen LogP contribution in [-0.2, 0) is 16.5 Å². The zero-order valence-electron chi connectivity index (χ0n) is 7.90. The molecule has 2 N–H and O–H groups in total. The first-order chi connectivity index (χ1) is 6.53. The summed E-state index contributed by atoms with van der Waals surface area (Å²) in [5.41, 5.74) is 1.77. The van der Waals surface area contributed by atoms with Crippen LogP contribution in [-0.4, -0.2) is 18.8 Å². The van der Waals surface area contributed by atoms with Gasteiger partial charge in [-0.15, -0.1) is 0 Å². The van der Waals surface area contributed by atoms with E-state index in [0.717, 1.165) is 17.7 Å². The van der Waals surface area contributed by atoms with Crippen LogP contribution in [0.15, 0.2) is 24.3 Å². The minimum absolute atomic E-state index is 0.454. The second-order valence-electron chi connectivity index (χ2n) is 2.91. The lowest BCUT2D eigenvalue weighted by Gasteiger charge is -2.08. The Labute approximate surface area is 83.7 Å². The molecule has 0 radical (unpaired) electrons. The fourth-order valence-electron chi connectivity index (χ4n) is 1.17. The molecular weight excluding hydrogens is 202 g/mol. The third-order valence-electron chi connectivity index (χ3n) is 1.84. The van der Waals surface area contributed by atoms with Gasteiger partial charge in [-0.2, -0.15) is 8.42 Å². The minimum atomic E-state index is -3.96. The predicted molar refractivity (Wildman–Crippen MR) is 55.9 cm³/mol. The van der Waals surface area contributed by atoms with Crippen molar-refractivity contribution in [3.8, 4) is 0 Å². The highest BCUT2D eigenvalue weighted by atomic mass is 32.2. The number of hydrogen-bond donors (Lipinski definition) is 2. The van der Waals surface area contributed by atoms with E-state index in [1.54, 1.807) is 6.07 Å². The van der Waals surface area contributed by atoms with Gasteiger partial charge in [-0.25, -0.2) is 0 Å². The number of rotatable bonds is 4. The van der Waals surface area contributed by atoms with Crippen LogP contribution in [0.4, 0.5) is 5.69 Å². The van der Waals surface area contributed by atoms with Gasteiger partial charge >= 0.3 is 0 Å². The Morgan fingerprint density at radius 2 is 2.00 bits per heavy atom. The summed E-state index contributed by atoms with van der Waals surface area (Å²) in [5, 5.41) is 2.67. The molecule has 0 aliphatic carbocycles. The molecule has 1 aromatic carbocycles. The van der Waals surface area contributed by atoms with Crippen molar-refractivity contribution in [3.05, 3.63) is 29.8 Å². The summed E-state index contributed by atoms with van der Waals surface area (Å²) in [4.78, 5) is 0. The van der Waals surface area contributed by atoms with E-state index in [1.807, 2.05) is 25.1 Å². The summed E-state index contributed by atoms with van der Waals surface area (Å²) in [6.07, 6.45) is 0.814. The molecule has 0 atom stereocenters. The van der Waals surface area contributed by atoms with E-state index in [0.29, 0.717) is 0 Å². The van der Waals surface area contributed by atoms with E-state index >= 15 is 0 Å². The monoisotopic (exact) mass is 215 g/mol. The van der Waals surface area contributed by atoms with E-state index in [-0.39, 0.29) is 0 Å². The van der Waals surface area contributed by atoms with Crippen molar-refractivity contribution in [2.75, 3.05) is 11.2 Å². The number of hydrogen-bond acceptors (Lipinski definition) is 3. The van der Waals surface area contributed by atoms with E-state index in [1.165, 1.54) is 0 Å². The Hall–Kier alpha value is -1.07. The molecule has 1 aromatic rings. The largest absolute Gasteiger partial charge is 0.369 e. The first kappa shape index (κ1) is 11.0. The van der Waals surface area contributed by atoms with Gasteiger partial charge in [0, 0.05) is 5.69 Å². The van der Waals surface area contributed by atoms with Crippen molar-refractivity contribution in [2.24, 2.45) is 0 Å². The Bertz CT molecular complexity index is 400. The van der Waals surface area contributed by atoms with Crippen molar-refractivity contribution in [1.29, 1.82) is 0 Å². The SMILES string of the molecule is CCc1ccccc1NCS(=O)(=O)O. The van der Waals surface area contributed by atoms with Crippen molar-refractivity contribution in [1.82, 2.24) is 0 Å². The zero-order valence-corrected chi connectivity index (χ0v) is 8.71. The molecule has 0 spiro atoms. The molecule has 0 aliphatic heterocycles. The van der Waals surface area contributed by atoms with Crippen molar-refractivity contribution < 1.29 is 13.0 Å². The minimum Gasteiger partial charge on any atom is -0.369 e. The molecule has 0 unspecified atom stereocenters. The summed E-state index contributed by atoms with van der Waals surface area (Å²) in [5.74, 6) is -0.454. The van der Waals surface area contributed by atoms with Crippen LogP contribution < -0.4 is 5.32 Å². The molecule has 0 fully saturated rings. The van der Waals surface area contributed by atoms with Gasteiger partial charge in [-0.1, -0.05) is 25.1 Å². The molecule has 0 aliphatic rings. The summed E-state index contributed by atoms with van der Waals surface area (Å²) < 4.78 is 29.5. The van der Waals surface area contributed by atoms with Gasteiger partial charge in [0.2, 0.25) is 0 Å². The predicted octanol–water partition coefficient (Wildman–Crippen LogP) is 1.51. The van der Waals surface area contributed by atoms with E-state index < -0.39 is 16.0 Å². The van der Waals surface area contributed by atoms with E-state index in [4.69, 9.17) is 4.55 Å². The second kappa shape index (κ2) is 4.43. The maximum atomic E-state index is 10.5. The summed E-state index contributed by atoms with van der Waals surface area (Å²) in [6.45, 7) is 1.98. The molecule has 4 nitrogen and oxygen atoms in total. The Balaban J connectivity index is 2.76. The van der Waals surface area contributed by atoms with E-state index in [2.05, 4.69) is 5.32 Å². The van der Waals surface area contributed by atoms with Gasteiger partial charge in [-0.3, -0.25) is 4.55 Å². The molecule has 0 amide bonds. The zero-order chi connectivity index (χ0) is 10.6. The third kappa shape index (κ3) is 3.35. The van der Waals surface area contributed by atoms with Crippen LogP contribution in [0.25, 0.3) is 0 Å². The quantitative estimate of drug-likeness (QED) is 0.747. The third-order valence-corrected chi connectivity index (χ3v) is 2.35. The summed E-state index contributed by atoms with van der Waals surface area (Å²) >= 11 is 0. The fraction of sp³-hybridized carbons (Fsp3) is 0.333. The van der Waals surface area contributed by atoms with Crippen molar-refractivity contribution >= 4 is 15.8 Å². The van der Waals surface area contributed by atoms with Crippen molar-refractivity contribution in [3.63, 3.8) is 0 Å². The molecule has 0 aromatic heterocycles. The molecule has 0 heterocycles. The number of benzene rings is 1. The van der Waals surface area contributed by atoms with Gasteiger partial charge in [0.25, 0.3) is 10.1 Å². The topological polar surface area (TPSA) is 66.4 Å². The smallest absolute Gasteiger partial charge is 0.283 e. The van der Waals surface area contributed by atoms with E-state index in [9.17, 15) is 8.42 Å². The summed E-state index contributed by atoms with van der Waals surface area (Å²) in [6, 6.07) is 7.39. The number of aryl methyl sites for hydroxylation is 1. The number of para-hydroxylation sites is 1. The Morgan fingerprint density at radius 3 is 2.57 bits per heavy atom. The van der Waals surface area contributed by atoms with Gasteiger partial charge in [0.05, 0.1) is 0 Å². The Morgan fingerprint density at radius 1 is 1.36 bits per heavy atom. The number of nitrogens with one attached hydrogen (secondary N) is 1. The average Bonchev–Trinajstić information content (AvgIpc) is 2.14. The molecule has 0 saturated carbocycles. The molecule has 1 rings (SSSR count). The van der Waals surface area contributed by atoms with Crippen LogP contribution >= 0.6 is 0 Å². The van der Waals surface area contributed by atoms with Gasteiger partial charge < -0.3 is 5.32 Å². The lowest BCUT2D eigenvalue weighted by Crippen LogP contribution is -2.13. The highest BCUT2D eigenvalue weighted by Gasteiger charge is 2.05. The van der Waals surface area contributed by atoms with Gasteiger partial charge in [-0.05, 0) is 18.1 Å². The van der Waals surface area contributed by atoms with Crippen LogP contribution in [0.5, 0.6) is 0 Å². The highest BCUT2D eigenvalue weighted by Crippen LogP contribution is 2.15. The molecule has 0 bridgehead atoms. The molecular formula is C9H13NO3S. The van der Waals surface area contributed by atoms with Gasteiger partial charge in [0.15, 0.2) is 0 Å². The first-order valence-electron chi connectivity index (χ1n) is 4.30. The first-order valence-corrected chi connectivity index (χ1v) is 5.91. The molecule has 14 heavy (non-hydrogen) atoms. The number of anilines is 1. The molecule has 0 saturated heterocycles. The molecule has 5 heteroatoms. The lowest BCUT2D eigenvalue weighted by atomic mass is 10.1. The Kier molecular flexibility index (Phi) is 3.49. The second-order valence-corrected chi connectivity index (χ2v) is 4.37. The van der Waals surface area contributed by atoms with Crippen molar-refractivity contribution in [2.45, 2.75) is 13.3 Å². The fourth-order valence-corrected chi connectivity index (χ4v) is 1.51. The highest BCUT2D eigenvalue weighted by molar-refractivity contribution is 7.85. The summed E-state index contributed by atoms with van der Waals surface area (Å²) in [7, 11) is -3.96. The normalized spacial score (nSPS) is 11.3. The standard InChI is InChI=1S/C9H13NO3S/c1-2-8-5-3-4-6-9(8)10-7-14(11,12)13/h3-6,10H,2,7H2,1H3,(H,11,12,13). The van der Waals surface area contributed by atoms with Gasteiger partial charge in [0.1, 0.15) is 5.88 Å². The van der Waals surface area contributed by atoms with Crippen LogP contribution in [0.2, 0.25) is 0 Å². The van der Waals surface area contributed by atoms with Crippen LogP contribution in [0.3, 0.4) is 0 Å². The van der Waals surface area contributed by atoms with Crippen LogP contribution in [0, 0.1) is 0 Å².